The van der Waals surface area contributed by atoms with Crippen LogP contribution in [0.3, 0.4) is 0 Å². The van der Waals surface area contributed by atoms with Gasteiger partial charge >= 0.3 is 5.63 Å². The lowest BCUT2D eigenvalue weighted by molar-refractivity contribution is 0.298. The van der Waals surface area contributed by atoms with Crippen molar-refractivity contribution in [3.05, 3.63) is 59.0 Å². The molecule has 0 aliphatic rings. The Kier molecular flexibility index (Phi) is 3.25. The molecule has 3 rings (SSSR count). The first kappa shape index (κ1) is 12.5. The monoisotopic (exact) mass is 270 g/mol. The van der Waals surface area contributed by atoms with E-state index < -0.39 is 0 Å². The van der Waals surface area contributed by atoms with Crippen molar-refractivity contribution in [2.45, 2.75) is 13.5 Å². The van der Waals surface area contributed by atoms with Crippen molar-refractivity contribution in [2.75, 3.05) is 6.61 Å². The van der Waals surface area contributed by atoms with Crippen molar-refractivity contribution in [3.8, 4) is 5.75 Å². The minimum atomic E-state index is -0.342. The molecule has 0 radical (unpaired) electrons. The molecule has 2 heterocycles. The summed E-state index contributed by atoms with van der Waals surface area (Å²) >= 11 is 0. The molecule has 0 saturated carbocycles. The van der Waals surface area contributed by atoms with Crippen LogP contribution >= 0.6 is 0 Å². The number of fused-ring (bicyclic) bond motifs is 1. The molecule has 0 N–H and O–H groups in total. The number of nitrogens with zero attached hydrogens (tertiary/aromatic N) is 2. The predicted molar refractivity (Wildman–Crippen MR) is 74.9 cm³/mol. The van der Waals surface area contributed by atoms with Gasteiger partial charge in [-0.25, -0.2) is 9.78 Å². The lowest BCUT2D eigenvalue weighted by Gasteiger charge is -2.08. The van der Waals surface area contributed by atoms with Crippen molar-refractivity contribution in [2.24, 2.45) is 0 Å². The van der Waals surface area contributed by atoms with Gasteiger partial charge in [-0.2, -0.15) is 0 Å². The van der Waals surface area contributed by atoms with E-state index in [0.717, 1.165) is 17.5 Å². The Morgan fingerprint density at radius 3 is 3.05 bits per heavy atom. The fraction of sp³-hybridized carbons (Fsp3) is 0.200. The molecule has 0 spiro atoms. The highest BCUT2D eigenvalue weighted by molar-refractivity contribution is 5.81. The molecule has 102 valence electrons. The molecule has 5 nitrogen and oxygen atoms in total. The van der Waals surface area contributed by atoms with Crippen LogP contribution in [0.5, 0.6) is 5.75 Å². The zero-order valence-corrected chi connectivity index (χ0v) is 11.1. The molecular formula is C15H14N2O3. The third kappa shape index (κ3) is 2.56. The predicted octanol–water partition coefficient (Wildman–Crippen LogP) is 2.38. The molecule has 3 aromatic rings. The SMILES string of the molecule is Cc1cc(=O)oc2cc(OCCn3ccnc3)ccc12. The fourth-order valence-corrected chi connectivity index (χ4v) is 2.08. The zero-order chi connectivity index (χ0) is 13.9. The van der Waals surface area contributed by atoms with Crippen molar-refractivity contribution in [1.82, 2.24) is 9.55 Å². The van der Waals surface area contributed by atoms with Crippen LogP contribution in [0, 0.1) is 6.92 Å². The van der Waals surface area contributed by atoms with E-state index >= 15 is 0 Å². The quantitative estimate of drug-likeness (QED) is 0.683. The van der Waals surface area contributed by atoms with E-state index in [0.29, 0.717) is 17.9 Å². The van der Waals surface area contributed by atoms with Crippen LogP contribution in [-0.4, -0.2) is 16.2 Å². The molecule has 0 aliphatic carbocycles. The van der Waals surface area contributed by atoms with Crippen molar-refractivity contribution < 1.29 is 9.15 Å². The maximum Gasteiger partial charge on any atom is 0.336 e. The van der Waals surface area contributed by atoms with Crippen molar-refractivity contribution in [3.63, 3.8) is 0 Å². The highest BCUT2D eigenvalue weighted by atomic mass is 16.5. The van der Waals surface area contributed by atoms with E-state index in [1.807, 2.05) is 29.8 Å². The molecule has 1 aromatic carbocycles. The Hall–Kier alpha value is -2.56. The molecule has 0 fully saturated rings. The van der Waals surface area contributed by atoms with Gasteiger partial charge in [-0.15, -0.1) is 0 Å². The molecule has 0 unspecified atom stereocenters. The van der Waals surface area contributed by atoms with Gasteiger partial charge in [-0.3, -0.25) is 0 Å². The topological polar surface area (TPSA) is 57.3 Å². The number of hydrogen-bond donors (Lipinski definition) is 0. The van der Waals surface area contributed by atoms with E-state index in [4.69, 9.17) is 9.15 Å². The number of aryl methyl sites for hydroxylation is 1. The summed E-state index contributed by atoms with van der Waals surface area (Å²) in [5, 5.41) is 0.923. The molecule has 20 heavy (non-hydrogen) atoms. The van der Waals surface area contributed by atoms with Crippen LogP contribution < -0.4 is 10.4 Å². The molecule has 0 atom stereocenters. The second-order valence-corrected chi connectivity index (χ2v) is 4.56. The highest BCUT2D eigenvalue weighted by Gasteiger charge is 2.04. The molecule has 5 heteroatoms. The number of hydrogen-bond acceptors (Lipinski definition) is 4. The van der Waals surface area contributed by atoms with Gasteiger partial charge in [-0.05, 0) is 24.6 Å². The fourth-order valence-electron chi connectivity index (χ4n) is 2.08. The summed E-state index contributed by atoms with van der Waals surface area (Å²) < 4.78 is 12.8. The van der Waals surface area contributed by atoms with Gasteiger partial charge in [0.15, 0.2) is 0 Å². The summed E-state index contributed by atoms with van der Waals surface area (Å²) in [6.07, 6.45) is 5.35. The number of ether oxygens (including phenoxy) is 1. The van der Waals surface area contributed by atoms with Crippen molar-refractivity contribution in [1.29, 1.82) is 0 Å². The Morgan fingerprint density at radius 1 is 1.35 bits per heavy atom. The van der Waals surface area contributed by atoms with Gasteiger partial charge in [0.2, 0.25) is 0 Å². The summed E-state index contributed by atoms with van der Waals surface area (Å²) in [6, 6.07) is 7.02. The van der Waals surface area contributed by atoms with Crippen LogP contribution in [0.2, 0.25) is 0 Å². The van der Waals surface area contributed by atoms with Crippen LogP contribution in [0.25, 0.3) is 11.0 Å². The molecular weight excluding hydrogens is 256 g/mol. The smallest absolute Gasteiger partial charge is 0.336 e. The number of benzene rings is 1. The average Bonchev–Trinajstić information content (AvgIpc) is 2.91. The van der Waals surface area contributed by atoms with Gasteiger partial charge in [0, 0.05) is 29.9 Å². The van der Waals surface area contributed by atoms with Gasteiger partial charge in [0.05, 0.1) is 12.9 Å². The Morgan fingerprint density at radius 2 is 2.25 bits per heavy atom. The maximum absolute atomic E-state index is 11.4. The Balaban J connectivity index is 1.77. The van der Waals surface area contributed by atoms with Crippen LogP contribution in [0.15, 0.2) is 52.2 Å². The van der Waals surface area contributed by atoms with E-state index in [1.54, 1.807) is 18.6 Å². The van der Waals surface area contributed by atoms with Crippen LogP contribution in [-0.2, 0) is 6.54 Å². The molecule has 0 amide bonds. The van der Waals surface area contributed by atoms with Gasteiger partial charge in [0.1, 0.15) is 17.9 Å². The minimum absolute atomic E-state index is 0.342. The van der Waals surface area contributed by atoms with Crippen LogP contribution in [0.4, 0.5) is 0 Å². The maximum atomic E-state index is 11.4. The third-order valence-electron chi connectivity index (χ3n) is 3.10. The summed E-state index contributed by atoms with van der Waals surface area (Å²) in [7, 11) is 0. The summed E-state index contributed by atoms with van der Waals surface area (Å²) in [5.74, 6) is 0.686. The lowest BCUT2D eigenvalue weighted by atomic mass is 10.1. The standard InChI is InChI=1S/C15H14N2O3/c1-11-8-15(18)20-14-9-12(2-3-13(11)14)19-7-6-17-5-4-16-10-17/h2-5,8-10H,6-7H2,1H3. The van der Waals surface area contributed by atoms with Gasteiger partial charge in [-0.1, -0.05) is 0 Å². The number of imidazole rings is 1. The third-order valence-corrected chi connectivity index (χ3v) is 3.10. The largest absolute Gasteiger partial charge is 0.492 e. The van der Waals surface area contributed by atoms with Gasteiger partial charge in [0.25, 0.3) is 0 Å². The van der Waals surface area contributed by atoms with Gasteiger partial charge < -0.3 is 13.7 Å². The number of rotatable bonds is 4. The van der Waals surface area contributed by atoms with E-state index in [1.165, 1.54) is 6.07 Å². The highest BCUT2D eigenvalue weighted by Crippen LogP contribution is 2.22. The summed E-state index contributed by atoms with van der Waals surface area (Å²) in [6.45, 7) is 3.13. The molecule has 0 aliphatic heterocycles. The van der Waals surface area contributed by atoms with E-state index in [9.17, 15) is 4.79 Å². The van der Waals surface area contributed by atoms with E-state index in [-0.39, 0.29) is 5.63 Å². The first-order chi connectivity index (χ1) is 9.72. The Bertz CT molecular complexity index is 775. The number of aromatic nitrogens is 2. The average molecular weight is 270 g/mol. The normalized spacial score (nSPS) is 10.8. The lowest BCUT2D eigenvalue weighted by Crippen LogP contribution is -2.06. The molecule has 2 aromatic heterocycles. The molecule has 0 saturated heterocycles. The second-order valence-electron chi connectivity index (χ2n) is 4.56. The van der Waals surface area contributed by atoms with Crippen molar-refractivity contribution >= 4 is 11.0 Å². The minimum Gasteiger partial charge on any atom is -0.492 e. The first-order valence-corrected chi connectivity index (χ1v) is 6.35. The summed E-state index contributed by atoms with van der Waals surface area (Å²) in [5.41, 5.74) is 1.11. The van der Waals surface area contributed by atoms with E-state index in [2.05, 4.69) is 4.98 Å². The first-order valence-electron chi connectivity index (χ1n) is 6.35. The second kappa shape index (κ2) is 5.21. The summed E-state index contributed by atoms with van der Waals surface area (Å²) in [4.78, 5) is 15.3. The Labute approximate surface area is 115 Å². The zero-order valence-electron chi connectivity index (χ0n) is 11.1. The van der Waals surface area contributed by atoms with Crippen LogP contribution in [0.1, 0.15) is 5.56 Å². The molecule has 0 bridgehead atoms.